The number of ketones is 1. The summed E-state index contributed by atoms with van der Waals surface area (Å²) in [7, 11) is 1.56. The lowest BCUT2D eigenvalue weighted by Gasteiger charge is -2.19. The Morgan fingerprint density at radius 3 is 2.70 bits per heavy atom. The number of hydrogen-bond acceptors (Lipinski definition) is 8. The van der Waals surface area contributed by atoms with E-state index in [1.807, 2.05) is 29.5 Å². The van der Waals surface area contributed by atoms with E-state index in [0.29, 0.717) is 59.4 Å². The maximum atomic E-state index is 13.0. The molecule has 4 heterocycles. The van der Waals surface area contributed by atoms with Crippen molar-refractivity contribution in [2.45, 2.75) is 37.8 Å². The molecule has 1 N–H and O–H groups in total. The molecule has 1 unspecified atom stereocenters. The standard InChI is InChI=1S/C28H30N4O5/c1-35-24-13-21-23(30-15-17-7-8-29-26(17)27(21)33)14-25(24)37-11-3-10-36-19-5-6-20-22(12-19)31-16-18-4-2-9-32(18)28(20)34/h5-6,12-18,26,29H,2-4,7-11H2,1H3/t17-,18-,26?/m0/s1. The Morgan fingerprint density at radius 2 is 1.81 bits per heavy atom. The summed E-state index contributed by atoms with van der Waals surface area (Å²) < 4.78 is 17.4. The van der Waals surface area contributed by atoms with Crippen LogP contribution in [0.5, 0.6) is 17.2 Å². The third kappa shape index (κ3) is 4.48. The van der Waals surface area contributed by atoms with Crippen molar-refractivity contribution in [2.75, 3.05) is 33.4 Å². The Kier molecular flexibility index (Phi) is 6.38. The van der Waals surface area contributed by atoms with Gasteiger partial charge in [-0.25, -0.2) is 0 Å². The molecule has 2 aromatic carbocycles. The fourth-order valence-electron chi connectivity index (χ4n) is 5.48. The zero-order chi connectivity index (χ0) is 25.4. The van der Waals surface area contributed by atoms with Gasteiger partial charge in [-0.15, -0.1) is 0 Å². The highest BCUT2D eigenvalue weighted by atomic mass is 16.5. The lowest BCUT2D eigenvalue weighted by Crippen LogP contribution is -2.35. The lowest BCUT2D eigenvalue weighted by molar-refractivity contribution is 0.0774. The van der Waals surface area contributed by atoms with E-state index in [4.69, 9.17) is 14.2 Å². The molecule has 1 amide bonds. The van der Waals surface area contributed by atoms with Crippen molar-refractivity contribution in [1.29, 1.82) is 0 Å². The molecule has 9 nitrogen and oxygen atoms in total. The molecule has 37 heavy (non-hydrogen) atoms. The first-order chi connectivity index (χ1) is 18.1. The predicted molar refractivity (Wildman–Crippen MR) is 140 cm³/mol. The topological polar surface area (TPSA) is 102 Å². The van der Waals surface area contributed by atoms with Gasteiger partial charge in [-0.3, -0.25) is 19.6 Å². The summed E-state index contributed by atoms with van der Waals surface area (Å²) in [5.74, 6) is 1.91. The fraction of sp³-hybridized carbons (Fsp3) is 0.429. The quantitative estimate of drug-likeness (QED) is 0.579. The summed E-state index contributed by atoms with van der Waals surface area (Å²) >= 11 is 0. The van der Waals surface area contributed by atoms with E-state index in [-0.39, 0.29) is 29.7 Å². The Bertz CT molecular complexity index is 1290. The maximum Gasteiger partial charge on any atom is 0.256 e. The maximum absolute atomic E-state index is 13.0. The monoisotopic (exact) mass is 502 g/mol. The number of hydrogen-bond donors (Lipinski definition) is 1. The summed E-state index contributed by atoms with van der Waals surface area (Å²) in [6, 6.07) is 8.80. The van der Waals surface area contributed by atoms with Crippen molar-refractivity contribution in [3.63, 3.8) is 0 Å². The normalized spacial score (nSPS) is 23.6. The van der Waals surface area contributed by atoms with Crippen LogP contribution in [0.15, 0.2) is 40.3 Å². The number of benzene rings is 2. The summed E-state index contributed by atoms with van der Waals surface area (Å²) in [5, 5.41) is 3.28. The molecule has 9 heteroatoms. The molecular formula is C28H30N4O5. The van der Waals surface area contributed by atoms with Crippen molar-refractivity contribution in [2.24, 2.45) is 15.9 Å². The van der Waals surface area contributed by atoms with Crippen LogP contribution in [0.1, 0.15) is 46.4 Å². The van der Waals surface area contributed by atoms with Gasteiger partial charge in [-0.05, 0) is 44.0 Å². The van der Waals surface area contributed by atoms with Gasteiger partial charge in [-0.1, -0.05) is 0 Å². The molecule has 2 aromatic rings. The summed E-state index contributed by atoms with van der Waals surface area (Å²) in [6.45, 7) is 2.43. The average Bonchev–Trinajstić information content (AvgIpc) is 3.54. The van der Waals surface area contributed by atoms with Gasteiger partial charge < -0.3 is 24.4 Å². The van der Waals surface area contributed by atoms with Gasteiger partial charge in [-0.2, -0.15) is 0 Å². The van der Waals surface area contributed by atoms with Crippen molar-refractivity contribution >= 4 is 35.5 Å². The molecule has 0 aliphatic carbocycles. The van der Waals surface area contributed by atoms with Gasteiger partial charge in [0.25, 0.3) is 5.91 Å². The fourth-order valence-corrected chi connectivity index (χ4v) is 5.48. The highest BCUT2D eigenvalue weighted by molar-refractivity contribution is 6.08. The minimum Gasteiger partial charge on any atom is -0.493 e. The van der Waals surface area contributed by atoms with Crippen molar-refractivity contribution in [3.8, 4) is 17.2 Å². The Hall–Kier alpha value is -3.72. The minimum atomic E-state index is -0.229. The third-order valence-electron chi connectivity index (χ3n) is 7.47. The number of rotatable bonds is 7. The number of carbonyl (C=O) groups is 2. The average molecular weight is 503 g/mol. The molecular weight excluding hydrogens is 472 g/mol. The van der Waals surface area contributed by atoms with E-state index in [2.05, 4.69) is 15.3 Å². The number of ether oxygens (including phenoxy) is 3. The van der Waals surface area contributed by atoms with E-state index in [1.165, 1.54) is 0 Å². The molecule has 2 fully saturated rings. The summed E-state index contributed by atoms with van der Waals surface area (Å²) in [6.07, 6.45) is 7.26. The first kappa shape index (κ1) is 23.7. The Balaban J connectivity index is 1.07. The zero-order valence-electron chi connectivity index (χ0n) is 20.8. The summed E-state index contributed by atoms with van der Waals surface area (Å²) in [5.41, 5.74) is 2.42. The Labute approximate surface area is 215 Å². The molecule has 2 saturated heterocycles. The molecule has 0 spiro atoms. The van der Waals surface area contributed by atoms with E-state index >= 15 is 0 Å². The van der Waals surface area contributed by atoms with Crippen LogP contribution >= 0.6 is 0 Å². The van der Waals surface area contributed by atoms with E-state index in [1.54, 1.807) is 25.3 Å². The number of aliphatic imine (C=N–C) groups is 2. The van der Waals surface area contributed by atoms with Crippen LogP contribution in [0.2, 0.25) is 0 Å². The molecule has 4 aliphatic heterocycles. The van der Waals surface area contributed by atoms with E-state index < -0.39 is 0 Å². The van der Waals surface area contributed by atoms with Gasteiger partial charge in [0.1, 0.15) is 5.75 Å². The van der Waals surface area contributed by atoms with Crippen LogP contribution in [0, 0.1) is 5.92 Å². The number of fused-ring (bicyclic) bond motifs is 4. The summed E-state index contributed by atoms with van der Waals surface area (Å²) in [4.78, 5) is 36.9. The SMILES string of the molecule is COc1cc2c(cc1OCCCOc1ccc3c(c1)N=C[C@@H]1CCCN1C3=O)N=C[C@@H]1CCNC1C2=O. The van der Waals surface area contributed by atoms with E-state index in [0.717, 1.165) is 32.4 Å². The first-order valence-corrected chi connectivity index (χ1v) is 12.9. The van der Waals surface area contributed by atoms with Gasteiger partial charge in [0.2, 0.25) is 0 Å². The van der Waals surface area contributed by atoms with Gasteiger partial charge in [0.15, 0.2) is 17.3 Å². The number of Topliss-reactive ketones (excluding diaryl/α,β-unsaturated/α-hetero) is 1. The van der Waals surface area contributed by atoms with Gasteiger partial charge in [0.05, 0.1) is 49.3 Å². The number of nitrogens with zero attached hydrogens (tertiary/aromatic N) is 3. The van der Waals surface area contributed by atoms with Crippen LogP contribution in [-0.4, -0.2) is 74.5 Å². The molecule has 0 saturated carbocycles. The lowest BCUT2D eigenvalue weighted by atomic mass is 9.95. The number of methoxy groups -OCH3 is 1. The molecule has 0 bridgehead atoms. The van der Waals surface area contributed by atoms with Crippen molar-refractivity contribution in [3.05, 3.63) is 41.5 Å². The van der Waals surface area contributed by atoms with Crippen LogP contribution in [0.4, 0.5) is 11.4 Å². The molecule has 192 valence electrons. The van der Waals surface area contributed by atoms with Crippen LogP contribution in [-0.2, 0) is 0 Å². The van der Waals surface area contributed by atoms with Crippen molar-refractivity contribution < 1.29 is 23.8 Å². The smallest absolute Gasteiger partial charge is 0.256 e. The molecule has 3 atom stereocenters. The van der Waals surface area contributed by atoms with E-state index in [9.17, 15) is 9.59 Å². The zero-order valence-corrected chi connectivity index (χ0v) is 20.8. The van der Waals surface area contributed by atoms with Gasteiger partial charge in [0, 0.05) is 49.0 Å². The first-order valence-electron chi connectivity index (χ1n) is 12.9. The highest BCUT2D eigenvalue weighted by Gasteiger charge is 2.36. The Morgan fingerprint density at radius 1 is 0.973 bits per heavy atom. The molecule has 0 radical (unpaired) electrons. The van der Waals surface area contributed by atoms with Crippen LogP contribution in [0.3, 0.4) is 0 Å². The van der Waals surface area contributed by atoms with Crippen LogP contribution < -0.4 is 19.5 Å². The van der Waals surface area contributed by atoms with Crippen LogP contribution in [0.25, 0.3) is 0 Å². The number of nitrogens with one attached hydrogen (secondary N) is 1. The predicted octanol–water partition coefficient (Wildman–Crippen LogP) is 3.74. The molecule has 0 aromatic heterocycles. The number of carbonyl (C=O) groups excluding carboxylic acids is 2. The second-order valence-corrected chi connectivity index (χ2v) is 9.76. The second-order valence-electron chi connectivity index (χ2n) is 9.76. The van der Waals surface area contributed by atoms with Gasteiger partial charge >= 0.3 is 0 Å². The second kappa shape index (κ2) is 9.97. The molecule has 6 rings (SSSR count). The minimum absolute atomic E-state index is 0.0372. The largest absolute Gasteiger partial charge is 0.493 e. The molecule has 4 aliphatic rings. The highest BCUT2D eigenvalue weighted by Crippen LogP contribution is 2.38. The number of amides is 1. The van der Waals surface area contributed by atoms with Crippen molar-refractivity contribution in [1.82, 2.24) is 10.2 Å². The third-order valence-corrected chi connectivity index (χ3v) is 7.47.